The molecule has 0 aromatic rings. The van der Waals surface area contributed by atoms with Gasteiger partial charge in [0.05, 0.1) is 0 Å². The lowest BCUT2D eigenvalue weighted by atomic mass is 9.73. The van der Waals surface area contributed by atoms with E-state index in [1.165, 1.54) is 38.6 Å². The smallest absolute Gasteiger partial charge is 0.0146 e. The molecular weight excluding hydrogens is 146 g/mol. The molecule has 12 heavy (non-hydrogen) atoms. The van der Waals surface area contributed by atoms with Gasteiger partial charge in [0.25, 0.3) is 0 Å². The second-order valence-corrected chi connectivity index (χ2v) is 4.78. The summed E-state index contributed by atoms with van der Waals surface area (Å²) in [7, 11) is 2.32. The van der Waals surface area contributed by atoms with Gasteiger partial charge >= 0.3 is 0 Å². The maximum absolute atomic E-state index is 2.61. The highest BCUT2D eigenvalue weighted by Gasteiger charge is 2.35. The lowest BCUT2D eigenvalue weighted by Gasteiger charge is -2.45. The molecule has 1 heterocycles. The molecule has 1 aliphatic heterocycles. The summed E-state index contributed by atoms with van der Waals surface area (Å²) in [6, 6.07) is 0.924. The summed E-state index contributed by atoms with van der Waals surface area (Å²) in [4.78, 5) is 2.61. The third kappa shape index (κ3) is 1.39. The molecule has 1 saturated carbocycles. The van der Waals surface area contributed by atoms with E-state index in [4.69, 9.17) is 0 Å². The average Bonchev–Trinajstić information content (AvgIpc) is 2.04. The zero-order valence-corrected chi connectivity index (χ0v) is 8.42. The van der Waals surface area contributed by atoms with Gasteiger partial charge in [-0.3, -0.25) is 0 Å². The fourth-order valence-electron chi connectivity index (χ4n) is 3.37. The highest BCUT2D eigenvalue weighted by Crippen LogP contribution is 2.37. The largest absolute Gasteiger partial charge is 0.303 e. The standard InChI is InChI=1S/C11H21N/c1-9-5-3-6-10-7-4-8-12(2)11(9)10/h9-11H,3-8H2,1-2H3/t9-,10-,11-/m1/s1. The van der Waals surface area contributed by atoms with Crippen LogP contribution in [0.1, 0.15) is 39.0 Å². The number of likely N-dealkylation sites (tertiary alicyclic amines) is 1. The maximum atomic E-state index is 2.61. The Kier molecular flexibility index (Phi) is 2.40. The summed E-state index contributed by atoms with van der Waals surface area (Å²) >= 11 is 0. The van der Waals surface area contributed by atoms with Crippen molar-refractivity contribution in [2.75, 3.05) is 13.6 Å². The quantitative estimate of drug-likeness (QED) is 0.536. The van der Waals surface area contributed by atoms with Crippen LogP contribution in [0.25, 0.3) is 0 Å². The molecule has 3 atom stereocenters. The van der Waals surface area contributed by atoms with Crippen LogP contribution in [0, 0.1) is 11.8 Å². The topological polar surface area (TPSA) is 3.24 Å². The molecule has 1 nitrogen and oxygen atoms in total. The molecule has 0 unspecified atom stereocenters. The first-order valence-corrected chi connectivity index (χ1v) is 5.49. The van der Waals surface area contributed by atoms with Crippen molar-refractivity contribution in [3.05, 3.63) is 0 Å². The SMILES string of the molecule is C[C@@H]1CCC[C@@H]2CCCN(C)[C@@H]21. The van der Waals surface area contributed by atoms with E-state index in [9.17, 15) is 0 Å². The second kappa shape index (κ2) is 3.37. The fraction of sp³-hybridized carbons (Fsp3) is 1.00. The normalized spacial score (nSPS) is 44.0. The number of rotatable bonds is 0. The minimum Gasteiger partial charge on any atom is -0.303 e. The van der Waals surface area contributed by atoms with Gasteiger partial charge in [-0.1, -0.05) is 13.3 Å². The Morgan fingerprint density at radius 1 is 1.08 bits per heavy atom. The van der Waals surface area contributed by atoms with Crippen molar-refractivity contribution in [3.8, 4) is 0 Å². The highest BCUT2D eigenvalue weighted by molar-refractivity contribution is 4.89. The van der Waals surface area contributed by atoms with Crippen molar-refractivity contribution < 1.29 is 0 Å². The van der Waals surface area contributed by atoms with Crippen LogP contribution in [-0.2, 0) is 0 Å². The summed E-state index contributed by atoms with van der Waals surface area (Å²) in [6.45, 7) is 3.78. The van der Waals surface area contributed by atoms with Crippen molar-refractivity contribution in [2.45, 2.75) is 45.1 Å². The van der Waals surface area contributed by atoms with Crippen LogP contribution in [0.3, 0.4) is 0 Å². The number of nitrogens with zero attached hydrogens (tertiary/aromatic N) is 1. The maximum Gasteiger partial charge on any atom is 0.0146 e. The van der Waals surface area contributed by atoms with Crippen LogP contribution in [0.5, 0.6) is 0 Å². The Morgan fingerprint density at radius 2 is 1.83 bits per heavy atom. The van der Waals surface area contributed by atoms with E-state index >= 15 is 0 Å². The summed E-state index contributed by atoms with van der Waals surface area (Å²) in [5, 5.41) is 0. The fourth-order valence-corrected chi connectivity index (χ4v) is 3.37. The van der Waals surface area contributed by atoms with Crippen molar-refractivity contribution >= 4 is 0 Å². The third-order valence-electron chi connectivity index (χ3n) is 3.90. The van der Waals surface area contributed by atoms with Gasteiger partial charge in [0, 0.05) is 6.04 Å². The number of hydrogen-bond acceptors (Lipinski definition) is 1. The molecule has 70 valence electrons. The summed E-state index contributed by atoms with van der Waals surface area (Å²) in [5.41, 5.74) is 0. The van der Waals surface area contributed by atoms with E-state index in [0.29, 0.717) is 0 Å². The van der Waals surface area contributed by atoms with Crippen molar-refractivity contribution in [3.63, 3.8) is 0 Å². The van der Waals surface area contributed by atoms with E-state index < -0.39 is 0 Å². The van der Waals surface area contributed by atoms with Gasteiger partial charge in [0.15, 0.2) is 0 Å². The Balaban J connectivity index is 2.07. The van der Waals surface area contributed by atoms with E-state index in [0.717, 1.165) is 17.9 Å². The predicted octanol–water partition coefficient (Wildman–Crippen LogP) is 2.52. The van der Waals surface area contributed by atoms with Crippen LogP contribution >= 0.6 is 0 Å². The second-order valence-electron chi connectivity index (χ2n) is 4.78. The molecule has 2 rings (SSSR count). The van der Waals surface area contributed by atoms with Crippen LogP contribution in [-0.4, -0.2) is 24.5 Å². The number of piperidine rings is 1. The Bertz CT molecular complexity index is 139. The molecule has 0 spiro atoms. The predicted molar refractivity (Wildman–Crippen MR) is 52.2 cm³/mol. The summed E-state index contributed by atoms with van der Waals surface area (Å²) in [5.74, 6) is 1.99. The van der Waals surface area contributed by atoms with E-state index in [1.54, 1.807) is 0 Å². The van der Waals surface area contributed by atoms with E-state index in [2.05, 4.69) is 18.9 Å². The molecule has 0 radical (unpaired) electrons. The summed E-state index contributed by atoms with van der Waals surface area (Å²) < 4.78 is 0. The lowest BCUT2D eigenvalue weighted by molar-refractivity contribution is 0.0448. The van der Waals surface area contributed by atoms with Gasteiger partial charge in [-0.25, -0.2) is 0 Å². The van der Waals surface area contributed by atoms with Crippen LogP contribution < -0.4 is 0 Å². The molecule has 1 saturated heterocycles. The molecule has 0 bridgehead atoms. The molecule has 1 heteroatoms. The van der Waals surface area contributed by atoms with Crippen molar-refractivity contribution in [2.24, 2.45) is 11.8 Å². The van der Waals surface area contributed by atoms with Crippen LogP contribution in [0.2, 0.25) is 0 Å². The summed E-state index contributed by atoms with van der Waals surface area (Å²) in [6.07, 6.45) is 7.38. The molecule has 1 aliphatic carbocycles. The number of fused-ring (bicyclic) bond motifs is 1. The van der Waals surface area contributed by atoms with Gasteiger partial charge < -0.3 is 4.90 Å². The van der Waals surface area contributed by atoms with Gasteiger partial charge in [-0.2, -0.15) is 0 Å². The van der Waals surface area contributed by atoms with Crippen LogP contribution in [0.15, 0.2) is 0 Å². The Hall–Kier alpha value is -0.0400. The first-order valence-electron chi connectivity index (χ1n) is 5.49. The van der Waals surface area contributed by atoms with Crippen molar-refractivity contribution in [1.82, 2.24) is 4.90 Å². The zero-order valence-electron chi connectivity index (χ0n) is 8.42. The molecule has 2 fully saturated rings. The molecule has 0 aromatic heterocycles. The third-order valence-corrected chi connectivity index (χ3v) is 3.90. The molecule has 2 aliphatic rings. The van der Waals surface area contributed by atoms with Crippen LogP contribution in [0.4, 0.5) is 0 Å². The minimum absolute atomic E-state index is 0.924. The number of hydrogen-bond donors (Lipinski definition) is 0. The first kappa shape index (κ1) is 8.55. The van der Waals surface area contributed by atoms with E-state index in [1.807, 2.05) is 0 Å². The average molecular weight is 167 g/mol. The lowest BCUT2D eigenvalue weighted by Crippen LogP contribution is -2.48. The molecular formula is C11H21N. The molecule has 0 N–H and O–H groups in total. The first-order chi connectivity index (χ1) is 5.79. The van der Waals surface area contributed by atoms with E-state index in [-0.39, 0.29) is 0 Å². The molecule has 0 aromatic carbocycles. The van der Waals surface area contributed by atoms with Gasteiger partial charge in [-0.15, -0.1) is 0 Å². The van der Waals surface area contributed by atoms with Gasteiger partial charge in [0.2, 0.25) is 0 Å². The van der Waals surface area contributed by atoms with Gasteiger partial charge in [-0.05, 0) is 51.1 Å². The minimum atomic E-state index is 0.924. The highest BCUT2D eigenvalue weighted by atomic mass is 15.1. The van der Waals surface area contributed by atoms with Crippen molar-refractivity contribution in [1.29, 1.82) is 0 Å². The Morgan fingerprint density at radius 3 is 2.58 bits per heavy atom. The Labute approximate surface area is 76.1 Å². The molecule has 0 amide bonds. The van der Waals surface area contributed by atoms with Gasteiger partial charge in [0.1, 0.15) is 0 Å². The zero-order chi connectivity index (χ0) is 8.55. The monoisotopic (exact) mass is 167 g/mol.